The second-order valence-corrected chi connectivity index (χ2v) is 4.69. The summed E-state index contributed by atoms with van der Waals surface area (Å²) in [6, 6.07) is -0.310. The van der Waals surface area contributed by atoms with Gasteiger partial charge in [0.1, 0.15) is 6.04 Å². The zero-order valence-electron chi connectivity index (χ0n) is 8.95. The van der Waals surface area contributed by atoms with E-state index in [9.17, 15) is 4.79 Å². The van der Waals surface area contributed by atoms with Gasteiger partial charge < -0.3 is 15.2 Å². The van der Waals surface area contributed by atoms with Gasteiger partial charge >= 0.3 is 5.97 Å². The molecule has 2 aliphatic heterocycles. The molecule has 2 saturated heterocycles. The largest absolute Gasteiger partial charge is 0.480 e. The average Bonchev–Trinajstić information content (AvgIpc) is 2.68. The van der Waals surface area contributed by atoms with E-state index < -0.39 is 5.97 Å². The molecular formula is C11H19NO3. The molecule has 0 spiro atoms. The number of ether oxygens (including phenoxy) is 1. The van der Waals surface area contributed by atoms with Crippen molar-refractivity contribution in [2.24, 2.45) is 11.8 Å². The zero-order valence-corrected chi connectivity index (χ0v) is 8.95. The maximum Gasteiger partial charge on any atom is 0.320 e. The Morgan fingerprint density at radius 1 is 1.33 bits per heavy atom. The van der Waals surface area contributed by atoms with Crippen molar-refractivity contribution in [2.45, 2.75) is 31.7 Å². The molecule has 2 unspecified atom stereocenters. The van der Waals surface area contributed by atoms with E-state index in [-0.39, 0.29) is 6.04 Å². The van der Waals surface area contributed by atoms with Crippen molar-refractivity contribution in [3.05, 3.63) is 0 Å². The van der Waals surface area contributed by atoms with Crippen LogP contribution in [0.2, 0.25) is 0 Å². The first-order valence-corrected chi connectivity index (χ1v) is 5.79. The zero-order chi connectivity index (χ0) is 10.7. The molecule has 0 bridgehead atoms. The molecule has 0 aromatic rings. The van der Waals surface area contributed by atoms with E-state index in [2.05, 4.69) is 5.32 Å². The fraction of sp³-hybridized carbons (Fsp3) is 0.909. The van der Waals surface area contributed by atoms with Gasteiger partial charge in [0.15, 0.2) is 0 Å². The molecule has 2 rings (SSSR count). The van der Waals surface area contributed by atoms with Crippen LogP contribution in [0.1, 0.15) is 25.7 Å². The number of rotatable bonds is 3. The first-order chi connectivity index (χ1) is 7.25. The molecule has 0 radical (unpaired) electrons. The summed E-state index contributed by atoms with van der Waals surface area (Å²) >= 11 is 0. The predicted molar refractivity (Wildman–Crippen MR) is 55.7 cm³/mol. The van der Waals surface area contributed by atoms with Gasteiger partial charge in [0.2, 0.25) is 0 Å². The van der Waals surface area contributed by atoms with Crippen LogP contribution >= 0.6 is 0 Å². The molecule has 0 amide bonds. The maximum absolute atomic E-state index is 10.8. The molecule has 2 fully saturated rings. The molecule has 86 valence electrons. The first-order valence-electron chi connectivity index (χ1n) is 5.79. The van der Waals surface area contributed by atoms with Gasteiger partial charge in [0, 0.05) is 13.2 Å². The summed E-state index contributed by atoms with van der Waals surface area (Å²) in [6.07, 6.45) is 4.26. The molecule has 0 saturated carbocycles. The van der Waals surface area contributed by atoms with Gasteiger partial charge in [0.05, 0.1) is 0 Å². The summed E-state index contributed by atoms with van der Waals surface area (Å²) in [6.45, 7) is 2.63. The minimum absolute atomic E-state index is 0.310. The second-order valence-electron chi connectivity index (χ2n) is 4.69. The van der Waals surface area contributed by atoms with Crippen molar-refractivity contribution in [3.8, 4) is 0 Å². The van der Waals surface area contributed by atoms with Crippen LogP contribution in [0.4, 0.5) is 0 Å². The van der Waals surface area contributed by atoms with Gasteiger partial charge in [-0.2, -0.15) is 0 Å². The Labute approximate surface area is 90.0 Å². The third-order valence-corrected chi connectivity index (χ3v) is 3.53. The lowest BCUT2D eigenvalue weighted by atomic mass is 9.88. The fourth-order valence-corrected chi connectivity index (χ4v) is 2.63. The Balaban J connectivity index is 1.74. The van der Waals surface area contributed by atoms with E-state index in [0.717, 1.165) is 44.9 Å². The minimum Gasteiger partial charge on any atom is -0.480 e. The Bertz CT molecular complexity index is 226. The molecule has 4 heteroatoms. The molecule has 2 N–H and O–H groups in total. The number of carbonyl (C=O) groups is 1. The highest BCUT2D eigenvalue weighted by atomic mass is 16.5. The Hall–Kier alpha value is -0.610. The Morgan fingerprint density at radius 2 is 2.07 bits per heavy atom. The molecule has 0 aromatic carbocycles. The molecule has 2 aliphatic rings. The number of carboxylic acid groups (broad SMARTS) is 1. The van der Waals surface area contributed by atoms with Crippen LogP contribution in [0, 0.1) is 11.8 Å². The van der Waals surface area contributed by atoms with E-state index in [1.54, 1.807) is 0 Å². The van der Waals surface area contributed by atoms with Crippen LogP contribution in [-0.2, 0) is 9.53 Å². The fourth-order valence-electron chi connectivity index (χ4n) is 2.63. The number of hydrogen-bond donors (Lipinski definition) is 2. The standard InChI is InChI=1S/C11H19NO3/c13-11(14)10-6-9(7-12-10)5-8-1-3-15-4-2-8/h8-10,12H,1-7H2,(H,13,14). The van der Waals surface area contributed by atoms with E-state index in [1.165, 1.54) is 6.42 Å². The van der Waals surface area contributed by atoms with Gasteiger partial charge in [-0.05, 0) is 44.1 Å². The quantitative estimate of drug-likeness (QED) is 0.730. The monoisotopic (exact) mass is 213 g/mol. The van der Waals surface area contributed by atoms with Crippen molar-refractivity contribution in [1.29, 1.82) is 0 Å². The molecule has 15 heavy (non-hydrogen) atoms. The van der Waals surface area contributed by atoms with Crippen molar-refractivity contribution in [3.63, 3.8) is 0 Å². The highest BCUT2D eigenvalue weighted by molar-refractivity contribution is 5.73. The van der Waals surface area contributed by atoms with E-state index >= 15 is 0 Å². The first kappa shape index (κ1) is 10.9. The van der Waals surface area contributed by atoms with Gasteiger partial charge in [-0.15, -0.1) is 0 Å². The molecule has 4 nitrogen and oxygen atoms in total. The highest BCUT2D eigenvalue weighted by Crippen LogP contribution is 2.27. The van der Waals surface area contributed by atoms with Crippen molar-refractivity contribution in [1.82, 2.24) is 5.32 Å². The molecular weight excluding hydrogens is 194 g/mol. The van der Waals surface area contributed by atoms with Crippen molar-refractivity contribution >= 4 is 5.97 Å². The molecule has 0 aliphatic carbocycles. The van der Waals surface area contributed by atoms with Crippen LogP contribution in [0.5, 0.6) is 0 Å². The summed E-state index contributed by atoms with van der Waals surface area (Å²) in [4.78, 5) is 10.8. The lowest BCUT2D eigenvalue weighted by Gasteiger charge is -2.24. The van der Waals surface area contributed by atoms with Crippen LogP contribution in [-0.4, -0.2) is 36.9 Å². The van der Waals surface area contributed by atoms with E-state index in [1.807, 2.05) is 0 Å². The van der Waals surface area contributed by atoms with E-state index in [0.29, 0.717) is 5.92 Å². The van der Waals surface area contributed by atoms with Crippen LogP contribution in [0.3, 0.4) is 0 Å². The van der Waals surface area contributed by atoms with Crippen LogP contribution in [0.25, 0.3) is 0 Å². The van der Waals surface area contributed by atoms with Gasteiger partial charge in [-0.3, -0.25) is 4.79 Å². The second kappa shape index (κ2) is 4.94. The third kappa shape index (κ3) is 2.92. The predicted octanol–water partition coefficient (Wildman–Crippen LogP) is 0.866. The van der Waals surface area contributed by atoms with Crippen molar-refractivity contribution in [2.75, 3.05) is 19.8 Å². The summed E-state index contributed by atoms with van der Waals surface area (Å²) in [7, 11) is 0. The third-order valence-electron chi connectivity index (χ3n) is 3.53. The number of nitrogens with one attached hydrogen (secondary N) is 1. The summed E-state index contributed by atoms with van der Waals surface area (Å²) in [5.41, 5.74) is 0. The van der Waals surface area contributed by atoms with Gasteiger partial charge in [-0.1, -0.05) is 0 Å². The normalized spacial score (nSPS) is 33.1. The maximum atomic E-state index is 10.8. The van der Waals surface area contributed by atoms with Gasteiger partial charge in [-0.25, -0.2) is 0 Å². The summed E-state index contributed by atoms with van der Waals surface area (Å²) in [5, 5.41) is 11.9. The highest BCUT2D eigenvalue weighted by Gasteiger charge is 2.30. The van der Waals surface area contributed by atoms with E-state index in [4.69, 9.17) is 9.84 Å². The van der Waals surface area contributed by atoms with Gasteiger partial charge in [0.25, 0.3) is 0 Å². The summed E-state index contributed by atoms with van der Waals surface area (Å²) in [5.74, 6) is 0.594. The number of carboxylic acids is 1. The topological polar surface area (TPSA) is 58.6 Å². The summed E-state index contributed by atoms with van der Waals surface area (Å²) < 4.78 is 5.31. The van der Waals surface area contributed by atoms with Crippen molar-refractivity contribution < 1.29 is 14.6 Å². The average molecular weight is 213 g/mol. The smallest absolute Gasteiger partial charge is 0.320 e. The lowest BCUT2D eigenvalue weighted by Crippen LogP contribution is -2.29. The Morgan fingerprint density at radius 3 is 2.67 bits per heavy atom. The molecule has 0 aromatic heterocycles. The van der Waals surface area contributed by atoms with Crippen LogP contribution in [0.15, 0.2) is 0 Å². The molecule has 2 atom stereocenters. The number of hydrogen-bond acceptors (Lipinski definition) is 3. The SMILES string of the molecule is O=C(O)C1CC(CC2CCOCC2)CN1. The Kier molecular flexibility index (Phi) is 3.59. The number of aliphatic carboxylic acids is 1. The minimum atomic E-state index is -0.704. The van der Waals surface area contributed by atoms with Crippen LogP contribution < -0.4 is 5.32 Å². The molecule has 2 heterocycles. The lowest BCUT2D eigenvalue weighted by molar-refractivity contribution is -0.139.